The number of furan rings is 1. The first-order valence-corrected chi connectivity index (χ1v) is 11.5. The SMILES string of the molecule is Cc1nnc(SCC(=O)N(C)Cc2ccc(-c3ccc(Cl)cc3)o2)n1Cc1ccccc1. The van der Waals surface area contributed by atoms with Crippen LogP contribution in [0, 0.1) is 6.92 Å². The van der Waals surface area contributed by atoms with E-state index in [0.29, 0.717) is 18.1 Å². The molecule has 8 heteroatoms. The highest BCUT2D eigenvalue weighted by atomic mass is 35.5. The third-order valence-electron chi connectivity index (χ3n) is 5.02. The van der Waals surface area contributed by atoms with E-state index in [0.717, 1.165) is 33.6 Å². The zero-order valence-corrected chi connectivity index (χ0v) is 19.4. The van der Waals surface area contributed by atoms with Gasteiger partial charge in [-0.3, -0.25) is 4.79 Å². The fourth-order valence-corrected chi connectivity index (χ4v) is 4.26. The summed E-state index contributed by atoms with van der Waals surface area (Å²) in [5, 5.41) is 9.84. The number of hydrogen-bond donors (Lipinski definition) is 0. The molecule has 32 heavy (non-hydrogen) atoms. The van der Waals surface area contributed by atoms with E-state index in [2.05, 4.69) is 22.3 Å². The van der Waals surface area contributed by atoms with E-state index in [4.69, 9.17) is 16.0 Å². The van der Waals surface area contributed by atoms with Crippen LogP contribution in [0.2, 0.25) is 5.02 Å². The maximum Gasteiger partial charge on any atom is 0.233 e. The van der Waals surface area contributed by atoms with Gasteiger partial charge in [-0.15, -0.1) is 10.2 Å². The first kappa shape index (κ1) is 22.2. The number of carbonyl (C=O) groups excluding carboxylic acids is 1. The summed E-state index contributed by atoms with van der Waals surface area (Å²) < 4.78 is 7.94. The van der Waals surface area contributed by atoms with Crippen molar-refractivity contribution in [2.24, 2.45) is 0 Å². The molecule has 0 fully saturated rings. The fraction of sp³-hybridized carbons (Fsp3) is 0.208. The van der Waals surface area contributed by atoms with Gasteiger partial charge in [-0.2, -0.15) is 0 Å². The summed E-state index contributed by atoms with van der Waals surface area (Å²) in [5.74, 6) is 2.55. The lowest BCUT2D eigenvalue weighted by Gasteiger charge is -2.15. The smallest absolute Gasteiger partial charge is 0.233 e. The molecule has 164 valence electrons. The van der Waals surface area contributed by atoms with Crippen LogP contribution in [0.4, 0.5) is 0 Å². The summed E-state index contributed by atoms with van der Waals surface area (Å²) in [7, 11) is 1.77. The molecule has 0 saturated carbocycles. The lowest BCUT2D eigenvalue weighted by molar-refractivity contribution is -0.127. The average molecular weight is 467 g/mol. The van der Waals surface area contributed by atoms with Gasteiger partial charge in [0.05, 0.1) is 18.8 Å². The minimum Gasteiger partial charge on any atom is -0.459 e. The normalized spacial score (nSPS) is 11.0. The Bertz CT molecular complexity index is 1190. The largest absolute Gasteiger partial charge is 0.459 e. The Kier molecular flexibility index (Phi) is 6.97. The van der Waals surface area contributed by atoms with Gasteiger partial charge in [-0.05, 0) is 48.9 Å². The second-order valence-corrected chi connectivity index (χ2v) is 8.79. The molecule has 2 aromatic carbocycles. The van der Waals surface area contributed by atoms with Crippen LogP contribution in [0.5, 0.6) is 0 Å². The summed E-state index contributed by atoms with van der Waals surface area (Å²) in [6, 6.07) is 21.4. The predicted octanol–water partition coefficient (Wildman–Crippen LogP) is 5.30. The van der Waals surface area contributed by atoms with Crippen LogP contribution in [-0.4, -0.2) is 38.4 Å². The minimum atomic E-state index is -0.00800. The molecule has 1 amide bonds. The highest BCUT2D eigenvalue weighted by Crippen LogP contribution is 2.25. The van der Waals surface area contributed by atoms with Crippen molar-refractivity contribution >= 4 is 29.3 Å². The van der Waals surface area contributed by atoms with Crippen molar-refractivity contribution in [3.63, 3.8) is 0 Å². The number of nitrogens with zero attached hydrogens (tertiary/aromatic N) is 4. The number of aromatic nitrogens is 3. The van der Waals surface area contributed by atoms with Crippen molar-refractivity contribution in [1.82, 2.24) is 19.7 Å². The standard InChI is InChI=1S/C24H23ClN4O2S/c1-17-26-27-24(29(17)14-18-6-4-3-5-7-18)32-16-23(30)28(2)15-21-12-13-22(31-21)19-8-10-20(25)11-9-19/h3-13H,14-16H2,1-2H3. The number of carbonyl (C=O) groups is 1. The van der Waals surface area contributed by atoms with Gasteiger partial charge in [0, 0.05) is 17.6 Å². The van der Waals surface area contributed by atoms with Gasteiger partial charge in [0.15, 0.2) is 5.16 Å². The zero-order valence-electron chi connectivity index (χ0n) is 17.9. The molecule has 0 bridgehead atoms. The summed E-state index contributed by atoms with van der Waals surface area (Å²) in [4.78, 5) is 14.4. The predicted molar refractivity (Wildman–Crippen MR) is 127 cm³/mol. The minimum absolute atomic E-state index is 0.00800. The van der Waals surface area contributed by atoms with E-state index in [-0.39, 0.29) is 11.7 Å². The van der Waals surface area contributed by atoms with Crippen LogP contribution in [0.15, 0.2) is 76.3 Å². The molecular weight excluding hydrogens is 444 g/mol. The van der Waals surface area contributed by atoms with Crippen molar-refractivity contribution in [2.45, 2.75) is 25.2 Å². The van der Waals surface area contributed by atoms with Gasteiger partial charge in [0.2, 0.25) is 5.91 Å². The number of rotatable bonds is 8. The quantitative estimate of drug-likeness (QED) is 0.330. The van der Waals surface area contributed by atoms with Gasteiger partial charge >= 0.3 is 0 Å². The molecule has 4 aromatic rings. The Balaban J connectivity index is 1.34. The third-order valence-corrected chi connectivity index (χ3v) is 6.22. The van der Waals surface area contributed by atoms with Crippen LogP contribution in [0.25, 0.3) is 11.3 Å². The second kappa shape index (κ2) is 10.1. The molecule has 2 heterocycles. The monoisotopic (exact) mass is 466 g/mol. The molecule has 0 unspecified atom stereocenters. The maximum absolute atomic E-state index is 12.7. The molecule has 0 aliphatic carbocycles. The molecule has 6 nitrogen and oxygen atoms in total. The van der Waals surface area contributed by atoms with Gasteiger partial charge in [0.25, 0.3) is 0 Å². The van der Waals surface area contributed by atoms with E-state index in [9.17, 15) is 4.79 Å². The molecule has 0 saturated heterocycles. The Morgan fingerprint density at radius 1 is 1.06 bits per heavy atom. The van der Waals surface area contributed by atoms with Crippen LogP contribution in [0.1, 0.15) is 17.1 Å². The molecule has 0 radical (unpaired) electrons. The maximum atomic E-state index is 12.7. The summed E-state index contributed by atoms with van der Waals surface area (Å²) in [5.41, 5.74) is 2.10. The van der Waals surface area contributed by atoms with Crippen LogP contribution in [0.3, 0.4) is 0 Å². The lowest BCUT2D eigenvalue weighted by Crippen LogP contribution is -2.27. The summed E-state index contributed by atoms with van der Waals surface area (Å²) in [6.07, 6.45) is 0. The first-order valence-electron chi connectivity index (χ1n) is 10.1. The fourth-order valence-electron chi connectivity index (χ4n) is 3.21. The van der Waals surface area contributed by atoms with E-state index in [1.165, 1.54) is 11.8 Å². The Hall–Kier alpha value is -3.03. The number of amides is 1. The lowest BCUT2D eigenvalue weighted by atomic mass is 10.2. The third kappa shape index (κ3) is 5.41. The highest BCUT2D eigenvalue weighted by molar-refractivity contribution is 7.99. The molecule has 0 aliphatic heterocycles. The van der Waals surface area contributed by atoms with Crippen molar-refractivity contribution in [3.8, 4) is 11.3 Å². The number of benzene rings is 2. The number of hydrogen-bond acceptors (Lipinski definition) is 5. The van der Waals surface area contributed by atoms with Gasteiger partial charge in [-0.25, -0.2) is 0 Å². The Morgan fingerprint density at radius 3 is 2.56 bits per heavy atom. The second-order valence-electron chi connectivity index (χ2n) is 7.41. The number of aryl methyl sites for hydroxylation is 1. The van der Waals surface area contributed by atoms with Crippen LogP contribution >= 0.6 is 23.4 Å². The molecule has 0 N–H and O–H groups in total. The topological polar surface area (TPSA) is 64.2 Å². The van der Waals surface area contributed by atoms with Gasteiger partial charge < -0.3 is 13.9 Å². The molecule has 0 spiro atoms. The molecule has 0 atom stereocenters. The first-order chi connectivity index (χ1) is 15.5. The molecular formula is C24H23ClN4O2S. The van der Waals surface area contributed by atoms with Gasteiger partial charge in [-0.1, -0.05) is 53.7 Å². The van der Waals surface area contributed by atoms with Crippen LogP contribution in [-0.2, 0) is 17.9 Å². The van der Waals surface area contributed by atoms with E-state index in [1.807, 2.05) is 66.1 Å². The zero-order chi connectivity index (χ0) is 22.5. The summed E-state index contributed by atoms with van der Waals surface area (Å²) in [6.45, 7) is 2.98. The Labute approximate surface area is 196 Å². The highest BCUT2D eigenvalue weighted by Gasteiger charge is 2.16. The van der Waals surface area contributed by atoms with Crippen molar-refractivity contribution in [1.29, 1.82) is 0 Å². The van der Waals surface area contributed by atoms with E-state index >= 15 is 0 Å². The number of halogens is 1. The molecule has 4 rings (SSSR count). The van der Waals surface area contributed by atoms with Crippen molar-refractivity contribution in [3.05, 3.63) is 88.9 Å². The van der Waals surface area contributed by atoms with E-state index < -0.39 is 0 Å². The molecule has 0 aliphatic rings. The van der Waals surface area contributed by atoms with Crippen molar-refractivity contribution in [2.75, 3.05) is 12.8 Å². The van der Waals surface area contributed by atoms with Gasteiger partial charge in [0.1, 0.15) is 17.3 Å². The average Bonchev–Trinajstić information content (AvgIpc) is 3.40. The number of thioether (sulfide) groups is 1. The van der Waals surface area contributed by atoms with E-state index in [1.54, 1.807) is 11.9 Å². The Morgan fingerprint density at radius 2 is 1.81 bits per heavy atom. The van der Waals surface area contributed by atoms with Crippen molar-refractivity contribution < 1.29 is 9.21 Å². The molecule has 2 aromatic heterocycles. The summed E-state index contributed by atoms with van der Waals surface area (Å²) >= 11 is 7.34. The van der Waals surface area contributed by atoms with Crippen LogP contribution < -0.4 is 0 Å².